The first-order valence-corrected chi connectivity index (χ1v) is 26.9. The zero-order chi connectivity index (χ0) is 28.4. The first-order valence-electron chi connectivity index (χ1n) is 11.6. The van der Waals surface area contributed by atoms with Gasteiger partial charge in [0, 0.05) is 74.0 Å². The van der Waals surface area contributed by atoms with Crippen LogP contribution in [0.1, 0.15) is 0 Å². The average Bonchev–Trinajstić information content (AvgIpc) is 2.88. The van der Waals surface area contributed by atoms with Gasteiger partial charge in [0.2, 0.25) is 0 Å². The molecule has 0 spiro atoms. The Bertz CT molecular complexity index is 414. The van der Waals surface area contributed by atoms with Gasteiger partial charge in [-0.2, -0.15) is 0 Å². The number of nitrogens with zero attached hydrogens (tertiary/aromatic N) is 9. The van der Waals surface area contributed by atoms with Crippen molar-refractivity contribution < 1.29 is 0 Å². The Morgan fingerprint density at radius 1 is 0.194 bits per heavy atom. The fourth-order valence-corrected chi connectivity index (χ4v) is 28.4. The van der Waals surface area contributed by atoms with Crippen LogP contribution in [-0.4, -0.2) is 163 Å². The lowest BCUT2D eigenvalue weighted by atomic mass is 11.6. The molecule has 0 atom stereocenters. The molecule has 9 nitrogen and oxygen atoms in total. The minimum atomic E-state index is -0.389. The van der Waals surface area contributed by atoms with Gasteiger partial charge in [-0.15, -0.1) is 0 Å². The van der Waals surface area contributed by atoms with Crippen LogP contribution in [0.3, 0.4) is 0 Å². The molecule has 1 saturated heterocycles. The zero-order valence-electron chi connectivity index (χ0n) is 26.0. The Kier molecular flexibility index (Phi) is 17.1. The highest BCUT2D eigenvalue weighted by Crippen LogP contribution is 2.73. The smallest absolute Gasteiger partial charge is 0.0450 e. The standard InChI is InChI=1S/C18H54N9P9/c1-19-28(10)20(2)30(12)22(4)32(14)24(6)34(16)26(8)36(18)27(9)35(17)25(7)33(15)23(5)31(13)21(3)29(19)11/h1-18H3. The molecule has 0 N–H and O–H groups in total. The average molecular weight is 675 g/mol. The van der Waals surface area contributed by atoms with Crippen molar-refractivity contribution in [3.63, 3.8) is 0 Å². The molecule has 1 aliphatic rings. The van der Waals surface area contributed by atoms with Crippen molar-refractivity contribution >= 4 is 74.0 Å². The van der Waals surface area contributed by atoms with Crippen LogP contribution in [0.4, 0.5) is 0 Å². The van der Waals surface area contributed by atoms with Crippen LogP contribution in [0.2, 0.25) is 0 Å². The van der Waals surface area contributed by atoms with Gasteiger partial charge in [0.25, 0.3) is 0 Å². The lowest BCUT2D eigenvalue weighted by molar-refractivity contribution is 0.668. The summed E-state index contributed by atoms with van der Waals surface area (Å²) in [4.78, 5) is 0. The summed E-state index contributed by atoms with van der Waals surface area (Å²) in [5, 5.41) is 0. The van der Waals surface area contributed by atoms with E-state index in [4.69, 9.17) is 0 Å². The van der Waals surface area contributed by atoms with E-state index >= 15 is 0 Å². The van der Waals surface area contributed by atoms with E-state index in [2.05, 4.69) is 163 Å². The fraction of sp³-hybridized carbons (Fsp3) is 1.00. The molecule has 0 aromatic heterocycles. The molecule has 0 unspecified atom stereocenters. The summed E-state index contributed by atoms with van der Waals surface area (Å²) in [6.07, 6.45) is 0. The third-order valence-corrected chi connectivity index (χ3v) is 36.6. The van der Waals surface area contributed by atoms with Crippen molar-refractivity contribution in [2.75, 3.05) is 123 Å². The van der Waals surface area contributed by atoms with Crippen LogP contribution in [-0.2, 0) is 0 Å². The molecule has 1 fully saturated rings. The van der Waals surface area contributed by atoms with E-state index in [9.17, 15) is 0 Å². The summed E-state index contributed by atoms with van der Waals surface area (Å²) in [5.74, 6) is 0. The molecular weight excluding hydrogens is 621 g/mol. The minimum absolute atomic E-state index is 0.389. The van der Waals surface area contributed by atoms with Crippen molar-refractivity contribution in [1.82, 2.24) is 40.0 Å². The van der Waals surface area contributed by atoms with Crippen molar-refractivity contribution in [2.45, 2.75) is 0 Å². The van der Waals surface area contributed by atoms with E-state index < -0.39 is 0 Å². The molecule has 36 heavy (non-hydrogen) atoms. The van der Waals surface area contributed by atoms with Crippen LogP contribution in [0.25, 0.3) is 0 Å². The lowest BCUT2D eigenvalue weighted by Gasteiger charge is -2.50. The van der Waals surface area contributed by atoms with Crippen LogP contribution in [0, 0.1) is 0 Å². The van der Waals surface area contributed by atoms with Gasteiger partial charge in [-0.05, 0) is 123 Å². The van der Waals surface area contributed by atoms with Crippen molar-refractivity contribution in [3.8, 4) is 0 Å². The van der Waals surface area contributed by atoms with Gasteiger partial charge in [0.1, 0.15) is 0 Å². The largest absolute Gasteiger partial charge is 0.238 e. The van der Waals surface area contributed by atoms with E-state index in [0.29, 0.717) is 0 Å². The van der Waals surface area contributed by atoms with Gasteiger partial charge < -0.3 is 0 Å². The molecule has 1 heterocycles. The first kappa shape index (κ1) is 37.5. The predicted octanol–water partition coefficient (Wildman–Crippen LogP) is 7.86. The molecule has 0 aliphatic carbocycles. The maximum atomic E-state index is 2.67. The Hall–Kier alpha value is 3.51. The maximum Gasteiger partial charge on any atom is 0.0450 e. The van der Waals surface area contributed by atoms with Gasteiger partial charge in [0.05, 0.1) is 0 Å². The van der Waals surface area contributed by atoms with E-state index in [1.165, 1.54) is 0 Å². The topological polar surface area (TPSA) is 29.2 Å². The second-order valence-corrected chi connectivity index (χ2v) is 31.3. The minimum Gasteiger partial charge on any atom is -0.238 e. The highest BCUT2D eigenvalue weighted by molar-refractivity contribution is 7.83. The Balaban J connectivity index is 3.45. The molecule has 18 heteroatoms. The summed E-state index contributed by atoms with van der Waals surface area (Å²) in [7, 11) is 17.6. The third kappa shape index (κ3) is 8.77. The van der Waals surface area contributed by atoms with Crippen LogP contribution >= 0.6 is 74.0 Å². The lowest BCUT2D eigenvalue weighted by Crippen LogP contribution is -2.29. The van der Waals surface area contributed by atoms with Crippen molar-refractivity contribution in [2.24, 2.45) is 0 Å². The molecule has 1 aliphatic heterocycles. The van der Waals surface area contributed by atoms with Crippen LogP contribution in [0.5, 0.6) is 0 Å². The predicted molar refractivity (Wildman–Crippen MR) is 185 cm³/mol. The first-order chi connectivity index (χ1) is 16.4. The van der Waals surface area contributed by atoms with Gasteiger partial charge in [-0.1, -0.05) is 0 Å². The Morgan fingerprint density at radius 2 is 0.250 bits per heavy atom. The molecule has 1 rings (SSSR count). The van der Waals surface area contributed by atoms with Gasteiger partial charge in [-0.25, -0.2) is 40.0 Å². The summed E-state index contributed by atoms with van der Waals surface area (Å²) in [5.41, 5.74) is 0. The quantitative estimate of drug-likeness (QED) is 0.238. The van der Waals surface area contributed by atoms with E-state index in [1.807, 2.05) is 0 Å². The Labute approximate surface area is 236 Å². The van der Waals surface area contributed by atoms with E-state index in [-0.39, 0.29) is 74.0 Å². The van der Waals surface area contributed by atoms with Gasteiger partial charge in [-0.3, -0.25) is 0 Å². The summed E-state index contributed by atoms with van der Waals surface area (Å²) in [6.45, 7) is 22.0. The molecule has 0 aromatic carbocycles. The molecule has 0 saturated carbocycles. The summed E-state index contributed by atoms with van der Waals surface area (Å²) >= 11 is 0. The third-order valence-electron chi connectivity index (χ3n) is 7.54. The van der Waals surface area contributed by atoms with Crippen molar-refractivity contribution in [1.29, 1.82) is 0 Å². The maximum absolute atomic E-state index is 2.67. The highest BCUT2D eigenvalue weighted by atomic mass is 31.3. The fourth-order valence-electron chi connectivity index (χ4n) is 3.37. The Morgan fingerprint density at radius 3 is 0.306 bits per heavy atom. The van der Waals surface area contributed by atoms with Gasteiger partial charge >= 0.3 is 0 Å². The monoisotopic (exact) mass is 675 g/mol. The molecule has 0 radical (unpaired) electrons. The number of rotatable bonds is 0. The molecular formula is C18H54N9P9. The number of hydrogen-bond donors (Lipinski definition) is 0. The molecule has 0 amide bonds. The summed E-state index contributed by atoms with van der Waals surface area (Å²) < 4.78 is 24.0. The zero-order valence-corrected chi connectivity index (χ0v) is 34.1. The summed E-state index contributed by atoms with van der Waals surface area (Å²) in [6, 6.07) is 0. The van der Waals surface area contributed by atoms with Gasteiger partial charge in [0.15, 0.2) is 0 Å². The van der Waals surface area contributed by atoms with Crippen LogP contribution < -0.4 is 0 Å². The highest BCUT2D eigenvalue weighted by Gasteiger charge is 2.36. The SMILES string of the molecule is CN1P(C)N(C)P(C)N(C)P(C)N(C)P(C)N(C)P(C)N(C)P(C)N(C)P(C)N(C)P(C)N(C)P1C. The molecule has 216 valence electrons. The van der Waals surface area contributed by atoms with Crippen molar-refractivity contribution in [3.05, 3.63) is 0 Å². The second-order valence-electron chi connectivity index (χ2n) is 8.81. The normalized spacial score (nSPS) is 42.0. The number of hydrogen-bond acceptors (Lipinski definition) is 9. The second kappa shape index (κ2) is 16.4. The molecule has 0 aromatic rings. The molecule has 0 bridgehead atoms. The van der Waals surface area contributed by atoms with Crippen LogP contribution in [0.15, 0.2) is 0 Å². The van der Waals surface area contributed by atoms with E-state index in [1.54, 1.807) is 0 Å². The van der Waals surface area contributed by atoms with E-state index in [0.717, 1.165) is 0 Å².